The van der Waals surface area contributed by atoms with Crippen molar-refractivity contribution in [3.05, 3.63) is 34.9 Å². The summed E-state index contributed by atoms with van der Waals surface area (Å²) in [7, 11) is 2.01. The first kappa shape index (κ1) is 9.04. The van der Waals surface area contributed by atoms with Gasteiger partial charge in [-0.05, 0) is 31.0 Å². The molecule has 13 heavy (non-hydrogen) atoms. The summed E-state index contributed by atoms with van der Waals surface area (Å²) in [5.74, 6) is 0.692. The first-order valence-electron chi connectivity index (χ1n) is 4.64. The van der Waals surface area contributed by atoms with Crippen molar-refractivity contribution < 1.29 is 0 Å². The molecule has 1 aromatic carbocycles. The third-order valence-electron chi connectivity index (χ3n) is 3.11. The summed E-state index contributed by atoms with van der Waals surface area (Å²) in [6, 6.07) is 8.09. The molecule has 2 rings (SSSR count). The second kappa shape index (κ2) is 3.00. The predicted octanol–water partition coefficient (Wildman–Crippen LogP) is 2.79. The molecule has 0 radical (unpaired) electrons. The molecule has 1 aromatic rings. The van der Waals surface area contributed by atoms with E-state index in [1.807, 2.05) is 25.2 Å². The van der Waals surface area contributed by atoms with E-state index in [1.165, 1.54) is 12.0 Å². The molecule has 70 valence electrons. The Balaban J connectivity index is 2.41. The summed E-state index contributed by atoms with van der Waals surface area (Å²) >= 11 is 6.15. The molecule has 0 saturated heterocycles. The normalized spacial score (nSPS) is 31.8. The van der Waals surface area contributed by atoms with E-state index in [0.717, 1.165) is 5.02 Å². The van der Waals surface area contributed by atoms with E-state index in [2.05, 4.69) is 18.3 Å². The lowest BCUT2D eigenvalue weighted by molar-refractivity contribution is 0.539. The molecule has 2 unspecified atom stereocenters. The van der Waals surface area contributed by atoms with Crippen LogP contribution in [0, 0.1) is 5.92 Å². The highest BCUT2D eigenvalue weighted by atomic mass is 35.5. The molecular formula is C11H14ClN. The zero-order valence-corrected chi connectivity index (χ0v) is 8.73. The van der Waals surface area contributed by atoms with Crippen LogP contribution in [0.5, 0.6) is 0 Å². The molecule has 2 heteroatoms. The molecule has 2 atom stereocenters. The number of rotatable bonds is 2. The average molecular weight is 196 g/mol. The van der Waals surface area contributed by atoms with Crippen molar-refractivity contribution >= 4 is 11.6 Å². The van der Waals surface area contributed by atoms with Crippen LogP contribution >= 0.6 is 11.6 Å². The van der Waals surface area contributed by atoms with Gasteiger partial charge in [-0.25, -0.2) is 0 Å². The second-order valence-electron chi connectivity index (χ2n) is 3.81. The molecule has 1 aliphatic carbocycles. The van der Waals surface area contributed by atoms with Gasteiger partial charge >= 0.3 is 0 Å². The van der Waals surface area contributed by atoms with Crippen LogP contribution < -0.4 is 5.32 Å². The smallest absolute Gasteiger partial charge is 0.0477 e. The van der Waals surface area contributed by atoms with Crippen LogP contribution in [0.1, 0.15) is 18.9 Å². The Morgan fingerprint density at radius 1 is 1.46 bits per heavy atom. The lowest BCUT2D eigenvalue weighted by atomic mass is 10.0. The Bertz CT molecular complexity index is 320. The Hall–Kier alpha value is -0.530. The van der Waals surface area contributed by atoms with Gasteiger partial charge in [0, 0.05) is 10.6 Å². The van der Waals surface area contributed by atoms with Crippen LogP contribution in [0.25, 0.3) is 0 Å². The second-order valence-corrected chi connectivity index (χ2v) is 4.21. The Morgan fingerprint density at radius 2 is 2.08 bits per heavy atom. The van der Waals surface area contributed by atoms with Crippen LogP contribution in [0.2, 0.25) is 5.02 Å². The van der Waals surface area contributed by atoms with Crippen LogP contribution in [-0.2, 0) is 5.54 Å². The molecule has 0 spiro atoms. The summed E-state index contributed by atoms with van der Waals surface area (Å²) in [4.78, 5) is 0. The minimum Gasteiger partial charge on any atom is -0.310 e. The van der Waals surface area contributed by atoms with Gasteiger partial charge in [-0.3, -0.25) is 0 Å². The fourth-order valence-corrected chi connectivity index (χ4v) is 2.41. The van der Waals surface area contributed by atoms with Crippen molar-refractivity contribution in [3.63, 3.8) is 0 Å². The van der Waals surface area contributed by atoms with Crippen molar-refractivity contribution in [2.24, 2.45) is 5.92 Å². The maximum absolute atomic E-state index is 6.15. The molecule has 1 fully saturated rings. The maximum Gasteiger partial charge on any atom is 0.0477 e. The van der Waals surface area contributed by atoms with E-state index in [4.69, 9.17) is 11.6 Å². The van der Waals surface area contributed by atoms with Gasteiger partial charge in [0.2, 0.25) is 0 Å². The Kier molecular flexibility index (Phi) is 2.09. The lowest BCUT2D eigenvalue weighted by Gasteiger charge is -2.17. The lowest BCUT2D eigenvalue weighted by Crippen LogP contribution is -2.27. The standard InChI is InChI=1S/C11H14ClN/c1-8-7-11(8,13-2)9-5-3-4-6-10(9)12/h3-6,8,13H,7H2,1-2H3. The van der Waals surface area contributed by atoms with Gasteiger partial charge in [0.05, 0.1) is 0 Å². The zero-order chi connectivity index (χ0) is 9.47. The molecule has 0 amide bonds. The quantitative estimate of drug-likeness (QED) is 0.766. The first-order chi connectivity index (χ1) is 6.20. The molecular weight excluding hydrogens is 182 g/mol. The van der Waals surface area contributed by atoms with Gasteiger partial charge < -0.3 is 5.32 Å². The SMILES string of the molecule is CNC1(c2ccccc2Cl)CC1C. The third kappa shape index (κ3) is 1.27. The molecule has 0 aliphatic heterocycles. The molecule has 1 nitrogen and oxygen atoms in total. The summed E-state index contributed by atoms with van der Waals surface area (Å²) in [6.07, 6.45) is 1.19. The van der Waals surface area contributed by atoms with Gasteiger partial charge in [0.1, 0.15) is 0 Å². The van der Waals surface area contributed by atoms with Crippen LogP contribution in [0.15, 0.2) is 24.3 Å². The molecule has 0 heterocycles. The van der Waals surface area contributed by atoms with Crippen LogP contribution in [0.3, 0.4) is 0 Å². The van der Waals surface area contributed by atoms with Crippen molar-refractivity contribution in [2.45, 2.75) is 18.9 Å². The summed E-state index contributed by atoms with van der Waals surface area (Å²) in [5.41, 5.74) is 1.39. The number of nitrogens with one attached hydrogen (secondary N) is 1. The van der Waals surface area contributed by atoms with Crippen LogP contribution in [0.4, 0.5) is 0 Å². The minimum absolute atomic E-state index is 0.151. The highest BCUT2D eigenvalue weighted by Gasteiger charge is 2.51. The largest absolute Gasteiger partial charge is 0.310 e. The number of benzene rings is 1. The highest BCUT2D eigenvalue weighted by Crippen LogP contribution is 2.52. The van der Waals surface area contributed by atoms with Crippen molar-refractivity contribution in [1.82, 2.24) is 5.32 Å². The molecule has 1 saturated carbocycles. The summed E-state index contributed by atoms with van der Waals surface area (Å²) in [6.45, 7) is 2.25. The number of halogens is 1. The monoisotopic (exact) mass is 195 g/mol. The molecule has 1 aliphatic rings. The molecule has 0 aromatic heterocycles. The van der Waals surface area contributed by atoms with E-state index < -0.39 is 0 Å². The van der Waals surface area contributed by atoms with Gasteiger partial charge in [-0.1, -0.05) is 36.7 Å². The maximum atomic E-state index is 6.15. The molecule has 0 bridgehead atoms. The van der Waals surface area contributed by atoms with E-state index in [0.29, 0.717) is 5.92 Å². The van der Waals surface area contributed by atoms with E-state index in [9.17, 15) is 0 Å². The number of hydrogen-bond donors (Lipinski definition) is 1. The van der Waals surface area contributed by atoms with Gasteiger partial charge in [-0.2, -0.15) is 0 Å². The Morgan fingerprint density at radius 3 is 2.54 bits per heavy atom. The van der Waals surface area contributed by atoms with Crippen molar-refractivity contribution in [2.75, 3.05) is 7.05 Å². The fraction of sp³-hybridized carbons (Fsp3) is 0.455. The van der Waals surface area contributed by atoms with Gasteiger partial charge in [0.25, 0.3) is 0 Å². The number of hydrogen-bond acceptors (Lipinski definition) is 1. The molecule has 1 N–H and O–H groups in total. The minimum atomic E-state index is 0.151. The van der Waals surface area contributed by atoms with E-state index in [1.54, 1.807) is 0 Å². The van der Waals surface area contributed by atoms with Gasteiger partial charge in [0.15, 0.2) is 0 Å². The Labute approximate surface area is 84.1 Å². The van der Waals surface area contributed by atoms with Gasteiger partial charge in [-0.15, -0.1) is 0 Å². The predicted molar refractivity (Wildman–Crippen MR) is 56.0 cm³/mol. The summed E-state index contributed by atoms with van der Waals surface area (Å²) in [5, 5.41) is 4.25. The topological polar surface area (TPSA) is 12.0 Å². The zero-order valence-electron chi connectivity index (χ0n) is 7.97. The first-order valence-corrected chi connectivity index (χ1v) is 5.02. The van der Waals surface area contributed by atoms with E-state index in [-0.39, 0.29) is 5.54 Å². The fourth-order valence-electron chi connectivity index (χ4n) is 2.11. The van der Waals surface area contributed by atoms with Crippen molar-refractivity contribution in [1.29, 1.82) is 0 Å². The third-order valence-corrected chi connectivity index (χ3v) is 3.44. The van der Waals surface area contributed by atoms with E-state index >= 15 is 0 Å². The van der Waals surface area contributed by atoms with Crippen LogP contribution in [-0.4, -0.2) is 7.05 Å². The average Bonchev–Trinajstić information content (AvgIpc) is 2.79. The van der Waals surface area contributed by atoms with Crippen molar-refractivity contribution in [3.8, 4) is 0 Å². The summed E-state index contributed by atoms with van der Waals surface area (Å²) < 4.78 is 0. The highest BCUT2D eigenvalue weighted by molar-refractivity contribution is 6.31.